The van der Waals surface area contributed by atoms with Crippen molar-refractivity contribution in [3.05, 3.63) is 23.9 Å². The van der Waals surface area contributed by atoms with Crippen LogP contribution in [0.25, 0.3) is 0 Å². The van der Waals surface area contributed by atoms with Crippen LogP contribution in [0.4, 0.5) is 5.82 Å². The summed E-state index contributed by atoms with van der Waals surface area (Å²) in [5, 5.41) is 2.81. The molecule has 1 aromatic heterocycles. The van der Waals surface area contributed by atoms with Gasteiger partial charge in [-0.15, -0.1) is 0 Å². The lowest BCUT2D eigenvalue weighted by atomic mass is 9.96. The molecule has 2 heterocycles. The molecule has 1 amide bonds. The van der Waals surface area contributed by atoms with Crippen LogP contribution < -0.4 is 10.2 Å². The maximum atomic E-state index is 12.0. The lowest BCUT2D eigenvalue weighted by Gasteiger charge is -2.21. The van der Waals surface area contributed by atoms with Gasteiger partial charge in [-0.3, -0.25) is 4.79 Å². The summed E-state index contributed by atoms with van der Waals surface area (Å²) in [5.74, 6) is 1.74. The van der Waals surface area contributed by atoms with Crippen LogP contribution in [0, 0.1) is 5.92 Å². The molecule has 1 aliphatic rings. The van der Waals surface area contributed by atoms with E-state index in [4.69, 9.17) is 4.74 Å². The highest BCUT2D eigenvalue weighted by atomic mass is 16.5. The van der Waals surface area contributed by atoms with E-state index in [0.717, 1.165) is 24.8 Å². The maximum absolute atomic E-state index is 12.0. The molecule has 1 atom stereocenters. The highest BCUT2D eigenvalue weighted by Crippen LogP contribution is 2.24. The van der Waals surface area contributed by atoms with Crippen molar-refractivity contribution in [1.29, 1.82) is 0 Å². The molecule has 0 spiro atoms. The number of carbonyl (C=O) groups is 1. The Bertz CT molecular complexity index is 476. The van der Waals surface area contributed by atoms with Gasteiger partial charge in [-0.2, -0.15) is 0 Å². The average molecular weight is 319 g/mol. The number of methoxy groups -OCH3 is 1. The highest BCUT2D eigenvalue weighted by Gasteiger charge is 2.17. The Morgan fingerprint density at radius 3 is 2.96 bits per heavy atom. The lowest BCUT2D eigenvalue weighted by molar-refractivity contribution is 0.0937. The first kappa shape index (κ1) is 17.7. The fourth-order valence-corrected chi connectivity index (χ4v) is 3.17. The Morgan fingerprint density at radius 2 is 2.26 bits per heavy atom. The maximum Gasteiger partial charge on any atom is 0.252 e. The van der Waals surface area contributed by atoms with Crippen molar-refractivity contribution in [3.63, 3.8) is 0 Å². The van der Waals surface area contributed by atoms with Crippen molar-refractivity contribution in [2.75, 3.05) is 38.3 Å². The number of carbonyl (C=O) groups excluding carboxylic acids is 1. The molecular weight excluding hydrogens is 290 g/mol. The van der Waals surface area contributed by atoms with Gasteiger partial charge >= 0.3 is 0 Å². The van der Waals surface area contributed by atoms with Crippen LogP contribution in [-0.4, -0.2) is 44.2 Å². The SMILES string of the molecule is CCCC1CCCN(c2ccc(C(=O)NCCOC)cn2)CC1. The Labute approximate surface area is 139 Å². The molecule has 5 nitrogen and oxygen atoms in total. The summed E-state index contributed by atoms with van der Waals surface area (Å²) in [7, 11) is 1.62. The summed E-state index contributed by atoms with van der Waals surface area (Å²) in [6.45, 7) is 5.43. The van der Waals surface area contributed by atoms with E-state index in [2.05, 4.69) is 22.1 Å². The Balaban J connectivity index is 1.90. The molecule has 128 valence electrons. The summed E-state index contributed by atoms with van der Waals surface area (Å²) >= 11 is 0. The van der Waals surface area contributed by atoms with Crippen LogP contribution in [0.2, 0.25) is 0 Å². The van der Waals surface area contributed by atoms with Gasteiger partial charge in [0.2, 0.25) is 0 Å². The first-order valence-electron chi connectivity index (χ1n) is 8.72. The average Bonchev–Trinajstić information content (AvgIpc) is 2.81. The molecule has 23 heavy (non-hydrogen) atoms. The molecule has 0 radical (unpaired) electrons. The first-order valence-corrected chi connectivity index (χ1v) is 8.72. The molecule has 1 aliphatic heterocycles. The van der Waals surface area contributed by atoms with E-state index >= 15 is 0 Å². The zero-order valence-electron chi connectivity index (χ0n) is 14.4. The largest absolute Gasteiger partial charge is 0.383 e. The zero-order chi connectivity index (χ0) is 16.5. The van der Waals surface area contributed by atoms with Crippen molar-refractivity contribution in [2.45, 2.75) is 39.0 Å². The molecule has 1 fully saturated rings. The minimum Gasteiger partial charge on any atom is -0.383 e. The number of pyridine rings is 1. The summed E-state index contributed by atoms with van der Waals surface area (Å²) < 4.78 is 4.93. The standard InChI is InChI=1S/C18H29N3O2/c1-3-5-15-6-4-11-21(12-9-15)17-8-7-16(14-20-17)18(22)19-10-13-23-2/h7-8,14-15H,3-6,9-13H2,1-2H3,(H,19,22). The molecule has 0 bridgehead atoms. The normalized spacial score (nSPS) is 18.5. The van der Waals surface area contributed by atoms with Crippen LogP contribution in [0.3, 0.4) is 0 Å². The number of aromatic nitrogens is 1. The third-order valence-corrected chi connectivity index (χ3v) is 4.47. The van der Waals surface area contributed by atoms with Crippen LogP contribution in [-0.2, 0) is 4.74 Å². The number of amides is 1. The number of ether oxygens (including phenoxy) is 1. The van der Waals surface area contributed by atoms with Gasteiger partial charge in [0.05, 0.1) is 12.2 Å². The summed E-state index contributed by atoms with van der Waals surface area (Å²) in [6, 6.07) is 3.82. The molecule has 0 aromatic carbocycles. The van der Waals surface area contributed by atoms with Crippen molar-refractivity contribution in [1.82, 2.24) is 10.3 Å². The van der Waals surface area contributed by atoms with Gasteiger partial charge in [0, 0.05) is 32.9 Å². The number of rotatable bonds is 7. The minimum atomic E-state index is -0.0972. The highest BCUT2D eigenvalue weighted by molar-refractivity contribution is 5.94. The number of hydrogen-bond acceptors (Lipinski definition) is 4. The van der Waals surface area contributed by atoms with E-state index in [1.54, 1.807) is 13.3 Å². The van der Waals surface area contributed by atoms with Crippen molar-refractivity contribution >= 4 is 11.7 Å². The monoisotopic (exact) mass is 319 g/mol. The molecular formula is C18H29N3O2. The third kappa shape index (κ3) is 5.50. The minimum absolute atomic E-state index is 0.0972. The molecule has 0 saturated carbocycles. The van der Waals surface area contributed by atoms with E-state index in [0.29, 0.717) is 18.7 Å². The molecule has 1 N–H and O–H groups in total. The molecule has 2 rings (SSSR count). The predicted octanol–water partition coefficient (Wildman–Crippen LogP) is 2.86. The van der Waals surface area contributed by atoms with Gasteiger partial charge in [-0.25, -0.2) is 4.98 Å². The van der Waals surface area contributed by atoms with Crippen molar-refractivity contribution < 1.29 is 9.53 Å². The quantitative estimate of drug-likeness (QED) is 0.785. The Morgan fingerprint density at radius 1 is 1.39 bits per heavy atom. The van der Waals surface area contributed by atoms with Gasteiger partial charge in [-0.1, -0.05) is 19.8 Å². The Kier molecular flexibility index (Phi) is 7.33. The van der Waals surface area contributed by atoms with Crippen LogP contribution in [0.5, 0.6) is 0 Å². The van der Waals surface area contributed by atoms with E-state index in [1.807, 2.05) is 12.1 Å². The van der Waals surface area contributed by atoms with Crippen LogP contribution >= 0.6 is 0 Å². The molecule has 1 saturated heterocycles. The van der Waals surface area contributed by atoms with Crippen LogP contribution in [0.1, 0.15) is 49.4 Å². The molecule has 5 heteroatoms. The second-order valence-corrected chi connectivity index (χ2v) is 6.23. The molecule has 1 unspecified atom stereocenters. The van der Waals surface area contributed by atoms with Crippen molar-refractivity contribution in [3.8, 4) is 0 Å². The topological polar surface area (TPSA) is 54.5 Å². The summed E-state index contributed by atoms with van der Waals surface area (Å²) in [5.41, 5.74) is 0.600. The van der Waals surface area contributed by atoms with Gasteiger partial charge in [-0.05, 0) is 37.3 Å². The van der Waals surface area contributed by atoms with Gasteiger partial charge < -0.3 is 15.0 Å². The van der Waals surface area contributed by atoms with E-state index in [1.165, 1.54) is 32.1 Å². The molecule has 0 aliphatic carbocycles. The number of nitrogens with zero attached hydrogens (tertiary/aromatic N) is 2. The second kappa shape index (κ2) is 9.50. The summed E-state index contributed by atoms with van der Waals surface area (Å²) in [6.07, 6.45) is 8.08. The fraction of sp³-hybridized carbons (Fsp3) is 0.667. The number of nitrogens with one attached hydrogen (secondary N) is 1. The second-order valence-electron chi connectivity index (χ2n) is 6.23. The lowest BCUT2D eigenvalue weighted by Crippen LogP contribution is -2.28. The predicted molar refractivity (Wildman–Crippen MR) is 92.9 cm³/mol. The van der Waals surface area contributed by atoms with Crippen molar-refractivity contribution in [2.24, 2.45) is 5.92 Å². The van der Waals surface area contributed by atoms with Gasteiger partial charge in [0.15, 0.2) is 0 Å². The first-order chi connectivity index (χ1) is 11.2. The smallest absolute Gasteiger partial charge is 0.252 e. The van der Waals surface area contributed by atoms with E-state index < -0.39 is 0 Å². The fourth-order valence-electron chi connectivity index (χ4n) is 3.17. The van der Waals surface area contributed by atoms with Crippen LogP contribution in [0.15, 0.2) is 18.3 Å². The molecule has 1 aromatic rings. The summed E-state index contributed by atoms with van der Waals surface area (Å²) in [4.78, 5) is 18.8. The van der Waals surface area contributed by atoms with Gasteiger partial charge in [0.1, 0.15) is 5.82 Å². The third-order valence-electron chi connectivity index (χ3n) is 4.47. The Hall–Kier alpha value is -1.62. The van der Waals surface area contributed by atoms with Gasteiger partial charge in [0.25, 0.3) is 5.91 Å². The zero-order valence-corrected chi connectivity index (χ0v) is 14.4. The number of hydrogen-bond donors (Lipinski definition) is 1. The number of anilines is 1. The van der Waals surface area contributed by atoms with E-state index in [9.17, 15) is 4.79 Å². The van der Waals surface area contributed by atoms with E-state index in [-0.39, 0.29) is 5.91 Å².